The number of methoxy groups -OCH3 is 1. The van der Waals surface area contributed by atoms with Crippen molar-refractivity contribution < 1.29 is 9.47 Å². The molecular weight excluding hydrogens is 332 g/mol. The summed E-state index contributed by atoms with van der Waals surface area (Å²) in [4.78, 5) is 6.38. The van der Waals surface area contributed by atoms with E-state index >= 15 is 0 Å². The SMILES string of the molecule is CN=C(NCCCCn1cnnc1)N(C)CCOc1ccc(OC)cc1. The number of nitrogens with zero attached hydrogens (tertiary/aromatic N) is 5. The molecule has 2 rings (SSSR count). The number of nitrogens with one attached hydrogen (secondary N) is 1. The Morgan fingerprint density at radius 2 is 1.85 bits per heavy atom. The molecule has 0 saturated carbocycles. The molecule has 0 fully saturated rings. The number of likely N-dealkylation sites (N-methyl/N-ethyl adjacent to an activating group) is 1. The van der Waals surface area contributed by atoms with E-state index in [1.807, 2.05) is 35.9 Å². The van der Waals surface area contributed by atoms with Crippen molar-refractivity contribution in [2.45, 2.75) is 19.4 Å². The summed E-state index contributed by atoms with van der Waals surface area (Å²) in [5.74, 6) is 2.52. The number of benzene rings is 1. The van der Waals surface area contributed by atoms with E-state index < -0.39 is 0 Å². The Kier molecular flexibility index (Phi) is 8.25. The highest BCUT2D eigenvalue weighted by Crippen LogP contribution is 2.16. The van der Waals surface area contributed by atoms with Crippen LogP contribution in [0.2, 0.25) is 0 Å². The first-order valence-corrected chi connectivity index (χ1v) is 8.74. The first-order chi connectivity index (χ1) is 12.7. The van der Waals surface area contributed by atoms with Gasteiger partial charge in [-0.3, -0.25) is 4.99 Å². The van der Waals surface area contributed by atoms with Crippen LogP contribution in [0.5, 0.6) is 11.5 Å². The molecule has 0 bridgehead atoms. The van der Waals surface area contributed by atoms with Crippen molar-refractivity contribution in [3.63, 3.8) is 0 Å². The molecule has 8 heteroatoms. The molecule has 0 aliphatic rings. The van der Waals surface area contributed by atoms with E-state index in [0.29, 0.717) is 6.61 Å². The Hall–Kier alpha value is -2.77. The highest BCUT2D eigenvalue weighted by Gasteiger charge is 2.05. The van der Waals surface area contributed by atoms with Gasteiger partial charge in [-0.2, -0.15) is 0 Å². The predicted molar refractivity (Wildman–Crippen MR) is 102 cm³/mol. The van der Waals surface area contributed by atoms with Gasteiger partial charge < -0.3 is 24.3 Å². The summed E-state index contributed by atoms with van der Waals surface area (Å²) in [6.45, 7) is 3.13. The highest BCUT2D eigenvalue weighted by molar-refractivity contribution is 5.79. The fourth-order valence-corrected chi connectivity index (χ4v) is 2.42. The average Bonchev–Trinajstić information content (AvgIpc) is 3.18. The van der Waals surface area contributed by atoms with Crippen molar-refractivity contribution in [2.24, 2.45) is 4.99 Å². The van der Waals surface area contributed by atoms with Gasteiger partial charge in [-0.05, 0) is 37.1 Å². The number of guanidine groups is 1. The van der Waals surface area contributed by atoms with Gasteiger partial charge in [-0.1, -0.05) is 0 Å². The second kappa shape index (κ2) is 11.0. The van der Waals surface area contributed by atoms with Crippen LogP contribution in [0.4, 0.5) is 0 Å². The van der Waals surface area contributed by atoms with Crippen molar-refractivity contribution in [1.82, 2.24) is 25.0 Å². The topological polar surface area (TPSA) is 76.8 Å². The molecule has 0 atom stereocenters. The molecule has 0 amide bonds. The van der Waals surface area contributed by atoms with Gasteiger partial charge in [0, 0.05) is 27.2 Å². The third kappa shape index (κ3) is 6.62. The molecule has 1 aromatic carbocycles. The zero-order valence-corrected chi connectivity index (χ0v) is 15.8. The maximum Gasteiger partial charge on any atom is 0.193 e. The molecule has 0 aliphatic heterocycles. The maximum absolute atomic E-state index is 5.76. The van der Waals surface area contributed by atoms with Crippen LogP contribution in [0, 0.1) is 0 Å². The number of aromatic nitrogens is 3. The van der Waals surface area contributed by atoms with Gasteiger partial charge in [0.25, 0.3) is 0 Å². The summed E-state index contributed by atoms with van der Waals surface area (Å²) in [5.41, 5.74) is 0. The van der Waals surface area contributed by atoms with Gasteiger partial charge in [-0.25, -0.2) is 0 Å². The third-order valence-electron chi connectivity index (χ3n) is 3.92. The summed E-state index contributed by atoms with van der Waals surface area (Å²) in [5, 5.41) is 11.0. The molecule has 0 radical (unpaired) electrons. The van der Waals surface area contributed by atoms with Crippen molar-refractivity contribution in [3.8, 4) is 11.5 Å². The lowest BCUT2D eigenvalue weighted by Gasteiger charge is -2.22. The first-order valence-electron chi connectivity index (χ1n) is 8.74. The van der Waals surface area contributed by atoms with Crippen LogP contribution in [-0.2, 0) is 6.54 Å². The van der Waals surface area contributed by atoms with Gasteiger partial charge in [0.2, 0.25) is 0 Å². The average molecular weight is 360 g/mol. The summed E-state index contributed by atoms with van der Waals surface area (Å²) in [6, 6.07) is 7.59. The Bertz CT molecular complexity index is 642. The number of rotatable bonds is 10. The van der Waals surface area contributed by atoms with E-state index in [9.17, 15) is 0 Å². The third-order valence-corrected chi connectivity index (χ3v) is 3.92. The number of aliphatic imine (C=N–C) groups is 1. The fourth-order valence-electron chi connectivity index (χ4n) is 2.42. The Morgan fingerprint density at radius 1 is 1.15 bits per heavy atom. The largest absolute Gasteiger partial charge is 0.497 e. The summed E-state index contributed by atoms with van der Waals surface area (Å²) in [6.07, 6.45) is 5.59. The number of hydrogen-bond donors (Lipinski definition) is 1. The Balaban J connectivity index is 1.61. The van der Waals surface area contributed by atoms with Gasteiger partial charge in [0.1, 0.15) is 30.8 Å². The lowest BCUT2D eigenvalue weighted by Crippen LogP contribution is -2.41. The van der Waals surface area contributed by atoms with Crippen LogP contribution in [0.3, 0.4) is 0 Å². The number of aryl methyl sites for hydroxylation is 1. The maximum atomic E-state index is 5.76. The standard InChI is InChI=1S/C18H28N6O2/c1-19-18(20-10-4-5-11-24-14-21-22-15-24)23(2)12-13-26-17-8-6-16(25-3)7-9-17/h6-9,14-15H,4-5,10-13H2,1-3H3,(H,19,20). The van der Waals surface area contributed by atoms with Crippen molar-refractivity contribution in [3.05, 3.63) is 36.9 Å². The van der Waals surface area contributed by atoms with E-state index in [-0.39, 0.29) is 0 Å². The molecule has 1 aromatic heterocycles. The van der Waals surface area contributed by atoms with Gasteiger partial charge in [0.05, 0.1) is 13.7 Å². The van der Waals surface area contributed by atoms with Crippen molar-refractivity contribution in [1.29, 1.82) is 0 Å². The van der Waals surface area contributed by atoms with Crippen LogP contribution < -0.4 is 14.8 Å². The molecule has 0 saturated heterocycles. The summed E-state index contributed by atoms with van der Waals surface area (Å²) < 4.78 is 12.9. The second-order valence-electron chi connectivity index (χ2n) is 5.83. The monoisotopic (exact) mass is 360 g/mol. The molecule has 26 heavy (non-hydrogen) atoms. The lowest BCUT2D eigenvalue weighted by molar-refractivity contribution is 0.281. The minimum atomic E-state index is 0.581. The van der Waals surface area contributed by atoms with Crippen LogP contribution in [0.1, 0.15) is 12.8 Å². The van der Waals surface area contributed by atoms with E-state index in [0.717, 1.165) is 49.9 Å². The Labute approximate surface area is 154 Å². The van der Waals surface area contributed by atoms with Crippen LogP contribution in [-0.4, -0.2) is 66.5 Å². The predicted octanol–water partition coefficient (Wildman–Crippen LogP) is 1.65. The van der Waals surface area contributed by atoms with Gasteiger partial charge >= 0.3 is 0 Å². The minimum Gasteiger partial charge on any atom is -0.497 e. The zero-order valence-electron chi connectivity index (χ0n) is 15.8. The molecule has 1 heterocycles. The zero-order chi connectivity index (χ0) is 18.6. The van der Waals surface area contributed by atoms with Crippen LogP contribution >= 0.6 is 0 Å². The molecular formula is C18H28N6O2. The number of hydrogen-bond acceptors (Lipinski definition) is 5. The molecule has 142 valence electrons. The van der Waals surface area contributed by atoms with E-state index in [1.54, 1.807) is 26.8 Å². The van der Waals surface area contributed by atoms with E-state index in [4.69, 9.17) is 9.47 Å². The quantitative estimate of drug-likeness (QED) is 0.394. The molecule has 1 N–H and O–H groups in total. The normalized spacial score (nSPS) is 11.3. The van der Waals surface area contributed by atoms with Crippen molar-refractivity contribution in [2.75, 3.05) is 40.9 Å². The number of unbranched alkanes of at least 4 members (excludes halogenated alkanes) is 1. The second-order valence-corrected chi connectivity index (χ2v) is 5.83. The smallest absolute Gasteiger partial charge is 0.193 e. The fraction of sp³-hybridized carbons (Fsp3) is 0.500. The van der Waals surface area contributed by atoms with E-state index in [2.05, 4.69) is 25.4 Å². The summed E-state index contributed by atoms with van der Waals surface area (Å²) in [7, 11) is 5.45. The van der Waals surface area contributed by atoms with Crippen molar-refractivity contribution >= 4 is 5.96 Å². The molecule has 0 aliphatic carbocycles. The van der Waals surface area contributed by atoms with E-state index in [1.165, 1.54) is 0 Å². The van der Waals surface area contributed by atoms with Crippen LogP contribution in [0.15, 0.2) is 41.9 Å². The molecule has 0 unspecified atom stereocenters. The lowest BCUT2D eigenvalue weighted by atomic mass is 10.3. The molecule has 2 aromatic rings. The Morgan fingerprint density at radius 3 is 2.50 bits per heavy atom. The minimum absolute atomic E-state index is 0.581. The highest BCUT2D eigenvalue weighted by atomic mass is 16.5. The molecule has 0 spiro atoms. The first kappa shape index (κ1) is 19.6. The number of ether oxygens (including phenoxy) is 2. The summed E-state index contributed by atoms with van der Waals surface area (Å²) >= 11 is 0. The molecule has 8 nitrogen and oxygen atoms in total. The van der Waals surface area contributed by atoms with Crippen LogP contribution in [0.25, 0.3) is 0 Å². The van der Waals surface area contributed by atoms with Gasteiger partial charge in [-0.15, -0.1) is 10.2 Å². The van der Waals surface area contributed by atoms with Gasteiger partial charge in [0.15, 0.2) is 5.96 Å².